The molecule has 0 spiro atoms. The van der Waals surface area contributed by atoms with Gasteiger partial charge in [-0.3, -0.25) is 5.84 Å². The van der Waals surface area contributed by atoms with Crippen molar-refractivity contribution >= 4 is 15.9 Å². The van der Waals surface area contributed by atoms with E-state index in [0.29, 0.717) is 0 Å². The van der Waals surface area contributed by atoms with Crippen LogP contribution in [0.3, 0.4) is 0 Å². The zero-order chi connectivity index (χ0) is 14.9. The van der Waals surface area contributed by atoms with Crippen LogP contribution in [0.4, 0.5) is 13.2 Å². The molecule has 0 aromatic heterocycles. The largest absolute Gasteiger partial charge is 0.271 e. The highest BCUT2D eigenvalue weighted by Crippen LogP contribution is 2.31. The molecular weight excluding hydrogens is 333 g/mol. The standard InChI is InChI=1S/C14H12BrF3N2/c1-7-5-6-10(16)11(12(7)17)14(20-19)8-3-2-4-9(15)13(8)18/h2-6,14,20H,19H2,1H3. The molecule has 1 unspecified atom stereocenters. The molecule has 0 bridgehead atoms. The Kier molecular flexibility index (Phi) is 4.47. The maximum atomic E-state index is 14.1. The van der Waals surface area contributed by atoms with Crippen molar-refractivity contribution in [2.75, 3.05) is 0 Å². The van der Waals surface area contributed by atoms with E-state index in [9.17, 15) is 13.2 Å². The molecule has 0 aliphatic heterocycles. The highest BCUT2D eigenvalue weighted by molar-refractivity contribution is 9.10. The van der Waals surface area contributed by atoms with Gasteiger partial charge in [-0.05, 0) is 40.5 Å². The number of hydrogen-bond acceptors (Lipinski definition) is 2. The molecule has 106 valence electrons. The van der Waals surface area contributed by atoms with E-state index in [4.69, 9.17) is 5.84 Å². The number of hydrogen-bond donors (Lipinski definition) is 2. The summed E-state index contributed by atoms with van der Waals surface area (Å²) in [4.78, 5) is 0. The molecule has 3 N–H and O–H groups in total. The second-order valence-corrected chi connectivity index (χ2v) is 5.19. The first kappa shape index (κ1) is 15.0. The summed E-state index contributed by atoms with van der Waals surface area (Å²) < 4.78 is 42.4. The van der Waals surface area contributed by atoms with Crippen LogP contribution in [0.1, 0.15) is 22.7 Å². The third-order valence-electron chi connectivity index (χ3n) is 3.07. The Hall–Kier alpha value is -1.37. The van der Waals surface area contributed by atoms with Gasteiger partial charge in [-0.15, -0.1) is 0 Å². The predicted molar refractivity (Wildman–Crippen MR) is 74.4 cm³/mol. The van der Waals surface area contributed by atoms with E-state index in [-0.39, 0.29) is 21.2 Å². The van der Waals surface area contributed by atoms with Gasteiger partial charge in [0.2, 0.25) is 0 Å². The van der Waals surface area contributed by atoms with E-state index in [1.54, 1.807) is 6.07 Å². The Bertz CT molecular complexity index is 647. The van der Waals surface area contributed by atoms with E-state index in [0.717, 1.165) is 6.07 Å². The quantitative estimate of drug-likeness (QED) is 0.657. The van der Waals surface area contributed by atoms with Crippen molar-refractivity contribution in [3.8, 4) is 0 Å². The first-order valence-electron chi connectivity index (χ1n) is 5.82. The van der Waals surface area contributed by atoms with Crippen LogP contribution in [0.25, 0.3) is 0 Å². The minimum Gasteiger partial charge on any atom is -0.271 e. The molecule has 2 nitrogen and oxygen atoms in total. The molecule has 0 heterocycles. The van der Waals surface area contributed by atoms with Crippen LogP contribution in [0.2, 0.25) is 0 Å². The molecule has 20 heavy (non-hydrogen) atoms. The van der Waals surface area contributed by atoms with Gasteiger partial charge < -0.3 is 0 Å². The maximum Gasteiger partial charge on any atom is 0.142 e. The maximum absolute atomic E-state index is 14.1. The highest BCUT2D eigenvalue weighted by Gasteiger charge is 2.25. The van der Waals surface area contributed by atoms with Gasteiger partial charge in [-0.25, -0.2) is 18.6 Å². The molecule has 6 heteroatoms. The Balaban J connectivity index is 2.65. The average molecular weight is 345 g/mol. The van der Waals surface area contributed by atoms with Crippen molar-refractivity contribution in [3.63, 3.8) is 0 Å². The smallest absolute Gasteiger partial charge is 0.142 e. The number of benzene rings is 2. The highest BCUT2D eigenvalue weighted by atomic mass is 79.9. The van der Waals surface area contributed by atoms with E-state index < -0.39 is 23.5 Å². The van der Waals surface area contributed by atoms with Gasteiger partial charge >= 0.3 is 0 Å². The van der Waals surface area contributed by atoms with E-state index >= 15 is 0 Å². The van der Waals surface area contributed by atoms with Crippen LogP contribution in [0.5, 0.6) is 0 Å². The first-order valence-corrected chi connectivity index (χ1v) is 6.61. The number of nitrogens with one attached hydrogen (secondary N) is 1. The fourth-order valence-corrected chi connectivity index (χ4v) is 2.40. The summed E-state index contributed by atoms with van der Waals surface area (Å²) >= 11 is 3.04. The van der Waals surface area contributed by atoms with Gasteiger partial charge in [0, 0.05) is 11.1 Å². The van der Waals surface area contributed by atoms with Crippen LogP contribution in [0, 0.1) is 24.4 Å². The molecule has 2 aromatic carbocycles. The fourth-order valence-electron chi connectivity index (χ4n) is 2.02. The van der Waals surface area contributed by atoms with Gasteiger partial charge in [0.25, 0.3) is 0 Å². The van der Waals surface area contributed by atoms with Crippen molar-refractivity contribution in [2.45, 2.75) is 13.0 Å². The lowest BCUT2D eigenvalue weighted by molar-refractivity contribution is 0.491. The molecule has 0 fully saturated rings. The molecule has 0 saturated heterocycles. The summed E-state index contributed by atoms with van der Waals surface area (Å²) in [5.74, 6) is 3.24. The van der Waals surface area contributed by atoms with Crippen molar-refractivity contribution in [3.05, 3.63) is 68.9 Å². The normalized spacial score (nSPS) is 12.5. The van der Waals surface area contributed by atoms with Gasteiger partial charge in [0.05, 0.1) is 10.5 Å². The number of halogens is 4. The first-order chi connectivity index (χ1) is 9.47. The van der Waals surface area contributed by atoms with Gasteiger partial charge in [-0.2, -0.15) is 0 Å². The summed E-state index contributed by atoms with van der Waals surface area (Å²) in [5, 5.41) is 0. The summed E-state index contributed by atoms with van der Waals surface area (Å²) in [6.45, 7) is 1.50. The number of rotatable bonds is 3. The summed E-state index contributed by atoms with van der Waals surface area (Å²) in [5.41, 5.74) is 2.29. The third-order valence-corrected chi connectivity index (χ3v) is 3.68. The van der Waals surface area contributed by atoms with Crippen LogP contribution >= 0.6 is 15.9 Å². The molecule has 0 saturated carbocycles. The monoisotopic (exact) mass is 344 g/mol. The van der Waals surface area contributed by atoms with Crippen molar-refractivity contribution in [1.29, 1.82) is 0 Å². The topological polar surface area (TPSA) is 38.0 Å². The summed E-state index contributed by atoms with van der Waals surface area (Å²) in [6, 6.07) is 5.82. The number of hydrazine groups is 1. The molecule has 1 atom stereocenters. The van der Waals surface area contributed by atoms with E-state index in [1.807, 2.05) is 0 Å². The summed E-state index contributed by atoms with van der Waals surface area (Å²) in [6.07, 6.45) is 0. The van der Waals surface area contributed by atoms with E-state index in [1.165, 1.54) is 25.1 Å². The van der Waals surface area contributed by atoms with Crippen LogP contribution in [-0.4, -0.2) is 0 Å². The Morgan fingerprint density at radius 3 is 2.45 bits per heavy atom. The SMILES string of the molecule is Cc1ccc(F)c(C(NN)c2cccc(Br)c2F)c1F. The molecular formula is C14H12BrF3N2. The molecule has 0 aliphatic carbocycles. The minimum absolute atomic E-state index is 0.0604. The van der Waals surface area contributed by atoms with Gasteiger partial charge in [-0.1, -0.05) is 18.2 Å². The molecule has 0 radical (unpaired) electrons. The molecule has 0 amide bonds. The number of nitrogens with two attached hydrogens (primary N) is 1. The lowest BCUT2D eigenvalue weighted by Crippen LogP contribution is -2.31. The average Bonchev–Trinajstić information content (AvgIpc) is 2.43. The lowest BCUT2D eigenvalue weighted by atomic mass is 9.96. The third kappa shape index (κ3) is 2.59. The van der Waals surface area contributed by atoms with Crippen molar-refractivity contribution < 1.29 is 13.2 Å². The minimum atomic E-state index is -1.12. The molecule has 0 aliphatic rings. The molecule has 2 aromatic rings. The second-order valence-electron chi connectivity index (χ2n) is 4.33. The molecule has 2 rings (SSSR count). The van der Waals surface area contributed by atoms with Crippen molar-refractivity contribution in [2.24, 2.45) is 5.84 Å². The van der Waals surface area contributed by atoms with E-state index in [2.05, 4.69) is 21.4 Å². The Morgan fingerprint density at radius 1 is 1.10 bits per heavy atom. The zero-order valence-corrected chi connectivity index (χ0v) is 12.1. The number of aryl methyl sites for hydroxylation is 1. The van der Waals surface area contributed by atoms with Crippen LogP contribution in [-0.2, 0) is 0 Å². The van der Waals surface area contributed by atoms with Crippen LogP contribution in [0.15, 0.2) is 34.8 Å². The zero-order valence-electron chi connectivity index (χ0n) is 10.6. The summed E-state index contributed by atoms with van der Waals surface area (Å²) in [7, 11) is 0. The lowest BCUT2D eigenvalue weighted by Gasteiger charge is -2.20. The second kappa shape index (κ2) is 5.95. The Labute approximate surface area is 122 Å². The van der Waals surface area contributed by atoms with Gasteiger partial charge in [0.15, 0.2) is 0 Å². The van der Waals surface area contributed by atoms with Gasteiger partial charge in [0.1, 0.15) is 17.5 Å². The fraction of sp³-hybridized carbons (Fsp3) is 0.143. The Morgan fingerprint density at radius 2 is 1.80 bits per heavy atom. The van der Waals surface area contributed by atoms with Crippen molar-refractivity contribution in [1.82, 2.24) is 5.43 Å². The van der Waals surface area contributed by atoms with Crippen LogP contribution < -0.4 is 11.3 Å². The predicted octanol–water partition coefficient (Wildman–Crippen LogP) is 3.73.